The molecular formula is C17H21ClN4O3. The van der Waals surface area contributed by atoms with Crippen LogP contribution in [0.25, 0.3) is 0 Å². The van der Waals surface area contributed by atoms with Crippen LogP contribution < -0.4 is 16.0 Å². The molecule has 134 valence electrons. The molecule has 0 spiro atoms. The maximum absolute atomic E-state index is 12.1. The van der Waals surface area contributed by atoms with Crippen LogP contribution in [0.3, 0.4) is 0 Å². The van der Waals surface area contributed by atoms with Gasteiger partial charge in [0.2, 0.25) is 5.91 Å². The maximum atomic E-state index is 12.1. The van der Waals surface area contributed by atoms with Crippen LogP contribution in [-0.2, 0) is 4.79 Å². The first-order valence-electron chi connectivity index (χ1n) is 7.68. The van der Waals surface area contributed by atoms with Gasteiger partial charge < -0.3 is 20.4 Å². The second-order valence-corrected chi connectivity index (χ2v) is 6.11. The van der Waals surface area contributed by atoms with E-state index in [1.54, 1.807) is 24.5 Å². The third kappa shape index (κ3) is 5.51. The minimum atomic E-state index is -0.382. The van der Waals surface area contributed by atoms with E-state index in [4.69, 9.17) is 16.0 Å². The van der Waals surface area contributed by atoms with Crippen LogP contribution in [0.2, 0.25) is 5.02 Å². The van der Waals surface area contributed by atoms with E-state index in [0.29, 0.717) is 22.9 Å². The molecular weight excluding hydrogens is 344 g/mol. The number of urea groups is 1. The van der Waals surface area contributed by atoms with Crippen molar-refractivity contribution in [1.82, 2.24) is 10.2 Å². The topological polar surface area (TPSA) is 86.6 Å². The fourth-order valence-corrected chi connectivity index (χ4v) is 2.50. The number of rotatable bonds is 6. The van der Waals surface area contributed by atoms with Crippen molar-refractivity contribution in [3.05, 3.63) is 47.4 Å². The van der Waals surface area contributed by atoms with Crippen molar-refractivity contribution in [1.29, 1.82) is 0 Å². The van der Waals surface area contributed by atoms with Crippen LogP contribution in [0.15, 0.2) is 41.0 Å². The van der Waals surface area contributed by atoms with E-state index >= 15 is 0 Å². The first kappa shape index (κ1) is 18.8. The molecule has 2 rings (SSSR count). The molecule has 0 aliphatic rings. The summed E-state index contributed by atoms with van der Waals surface area (Å²) < 4.78 is 5.40. The number of hydrogen-bond donors (Lipinski definition) is 3. The Morgan fingerprint density at radius 1 is 1.24 bits per heavy atom. The van der Waals surface area contributed by atoms with E-state index in [-0.39, 0.29) is 18.0 Å². The van der Waals surface area contributed by atoms with Gasteiger partial charge in [-0.15, -0.1) is 0 Å². The van der Waals surface area contributed by atoms with Crippen LogP contribution >= 0.6 is 11.6 Å². The van der Waals surface area contributed by atoms with Crippen molar-refractivity contribution < 1.29 is 14.0 Å². The van der Waals surface area contributed by atoms with Gasteiger partial charge in [0, 0.05) is 19.2 Å². The van der Waals surface area contributed by atoms with Crippen LogP contribution in [-0.4, -0.2) is 37.5 Å². The van der Waals surface area contributed by atoms with Crippen molar-refractivity contribution in [2.45, 2.75) is 13.0 Å². The van der Waals surface area contributed by atoms with Crippen molar-refractivity contribution >= 4 is 34.9 Å². The minimum absolute atomic E-state index is 0.0848. The number of furan rings is 1. The molecule has 1 unspecified atom stereocenters. The molecule has 0 saturated heterocycles. The summed E-state index contributed by atoms with van der Waals surface area (Å²) in [5.74, 6) is 0.574. The Morgan fingerprint density at radius 3 is 2.56 bits per heavy atom. The Hall–Kier alpha value is -2.51. The molecule has 0 radical (unpaired) electrons. The average molecular weight is 365 g/mol. The number of anilines is 2. The Kier molecular flexibility index (Phi) is 6.44. The molecule has 1 aromatic heterocycles. The van der Waals surface area contributed by atoms with E-state index in [1.165, 1.54) is 6.92 Å². The number of nitrogens with one attached hydrogen (secondary N) is 3. The van der Waals surface area contributed by atoms with Crippen molar-refractivity contribution in [3.8, 4) is 0 Å². The number of nitrogens with zero attached hydrogens (tertiary/aromatic N) is 1. The second-order valence-electron chi connectivity index (χ2n) is 5.71. The minimum Gasteiger partial charge on any atom is -0.468 e. The normalized spacial score (nSPS) is 11.9. The second kappa shape index (κ2) is 8.55. The molecule has 1 aromatic carbocycles. The van der Waals surface area contributed by atoms with E-state index < -0.39 is 0 Å². The largest absolute Gasteiger partial charge is 0.468 e. The highest BCUT2D eigenvalue weighted by Crippen LogP contribution is 2.25. The highest BCUT2D eigenvalue weighted by atomic mass is 35.5. The molecule has 8 heteroatoms. The van der Waals surface area contributed by atoms with E-state index in [2.05, 4.69) is 16.0 Å². The smallest absolute Gasteiger partial charge is 0.319 e. The molecule has 25 heavy (non-hydrogen) atoms. The molecule has 2 aromatic rings. The lowest BCUT2D eigenvalue weighted by atomic mass is 10.2. The lowest BCUT2D eigenvalue weighted by molar-refractivity contribution is -0.114. The quantitative estimate of drug-likeness (QED) is 0.733. The number of carbonyl (C=O) groups is 2. The SMILES string of the molecule is CC(=O)Nc1ccc(NC(=O)NCC(c2ccco2)N(C)C)c(Cl)c1. The molecule has 0 bridgehead atoms. The molecule has 0 saturated carbocycles. The Labute approximate surface area is 151 Å². The fourth-order valence-electron chi connectivity index (χ4n) is 2.27. The fraction of sp³-hybridized carbons (Fsp3) is 0.294. The standard InChI is InChI=1S/C17H21ClN4O3/c1-11(23)20-12-6-7-14(13(18)9-12)21-17(24)19-10-15(22(2)3)16-5-4-8-25-16/h4-9,15H,10H2,1-3H3,(H,20,23)(H2,19,21,24). The van der Waals surface area contributed by atoms with Gasteiger partial charge in [-0.25, -0.2) is 4.79 Å². The zero-order chi connectivity index (χ0) is 18.4. The van der Waals surface area contributed by atoms with Crippen LogP contribution in [0.4, 0.5) is 16.2 Å². The van der Waals surface area contributed by atoms with Gasteiger partial charge in [-0.05, 0) is 44.4 Å². The predicted octanol–water partition coefficient (Wildman–Crippen LogP) is 3.32. The van der Waals surface area contributed by atoms with Crippen LogP contribution in [0, 0.1) is 0 Å². The molecule has 3 N–H and O–H groups in total. The lowest BCUT2D eigenvalue weighted by Crippen LogP contribution is -2.36. The zero-order valence-corrected chi connectivity index (χ0v) is 15.1. The van der Waals surface area contributed by atoms with E-state index in [1.807, 2.05) is 31.1 Å². The number of hydrogen-bond acceptors (Lipinski definition) is 4. The van der Waals surface area contributed by atoms with E-state index in [9.17, 15) is 9.59 Å². The molecule has 1 atom stereocenters. The number of amides is 3. The third-order valence-electron chi connectivity index (χ3n) is 3.49. The molecule has 0 aliphatic carbocycles. The first-order valence-corrected chi connectivity index (χ1v) is 8.06. The van der Waals surface area contributed by atoms with Gasteiger partial charge in [0.25, 0.3) is 0 Å². The zero-order valence-electron chi connectivity index (χ0n) is 14.3. The van der Waals surface area contributed by atoms with Crippen LogP contribution in [0.5, 0.6) is 0 Å². The van der Waals surface area contributed by atoms with Gasteiger partial charge in [0.1, 0.15) is 5.76 Å². The van der Waals surface area contributed by atoms with Gasteiger partial charge in [-0.1, -0.05) is 11.6 Å². The first-order chi connectivity index (χ1) is 11.9. The monoisotopic (exact) mass is 364 g/mol. The number of benzene rings is 1. The van der Waals surface area contributed by atoms with Crippen molar-refractivity contribution in [3.63, 3.8) is 0 Å². The van der Waals surface area contributed by atoms with Crippen molar-refractivity contribution in [2.24, 2.45) is 0 Å². The highest BCUT2D eigenvalue weighted by molar-refractivity contribution is 6.34. The summed E-state index contributed by atoms with van der Waals surface area (Å²) in [6, 6.07) is 8.07. The molecule has 3 amide bonds. The van der Waals surface area contributed by atoms with Gasteiger partial charge in [0.05, 0.1) is 23.0 Å². The van der Waals surface area contributed by atoms with Crippen molar-refractivity contribution in [2.75, 3.05) is 31.3 Å². The average Bonchev–Trinajstić information content (AvgIpc) is 3.03. The Balaban J connectivity index is 1.94. The van der Waals surface area contributed by atoms with Gasteiger partial charge >= 0.3 is 6.03 Å². The number of likely N-dealkylation sites (N-methyl/N-ethyl adjacent to an activating group) is 1. The molecule has 7 nitrogen and oxygen atoms in total. The highest BCUT2D eigenvalue weighted by Gasteiger charge is 2.18. The maximum Gasteiger partial charge on any atom is 0.319 e. The summed E-state index contributed by atoms with van der Waals surface area (Å²) in [5, 5.41) is 8.44. The van der Waals surface area contributed by atoms with Gasteiger partial charge in [0.15, 0.2) is 0 Å². The van der Waals surface area contributed by atoms with Gasteiger partial charge in [-0.2, -0.15) is 0 Å². The molecule has 0 fully saturated rings. The summed E-state index contributed by atoms with van der Waals surface area (Å²) in [7, 11) is 3.81. The van der Waals surface area contributed by atoms with Crippen LogP contribution in [0.1, 0.15) is 18.7 Å². The summed E-state index contributed by atoms with van der Waals surface area (Å²) in [4.78, 5) is 25.1. The molecule has 0 aliphatic heterocycles. The summed E-state index contributed by atoms with van der Waals surface area (Å²) in [6.07, 6.45) is 1.60. The molecule has 1 heterocycles. The number of carbonyl (C=O) groups excluding carboxylic acids is 2. The van der Waals surface area contributed by atoms with Gasteiger partial charge in [-0.3, -0.25) is 9.69 Å². The van der Waals surface area contributed by atoms with E-state index in [0.717, 1.165) is 5.76 Å². The predicted molar refractivity (Wildman–Crippen MR) is 97.9 cm³/mol. The summed E-state index contributed by atoms with van der Waals surface area (Å²) in [5.41, 5.74) is 1.02. The Bertz CT molecular complexity index is 731. The third-order valence-corrected chi connectivity index (χ3v) is 3.80. The number of halogens is 1. The Morgan fingerprint density at radius 2 is 2.00 bits per heavy atom. The lowest BCUT2D eigenvalue weighted by Gasteiger charge is -2.22. The summed E-state index contributed by atoms with van der Waals surface area (Å²) >= 11 is 6.13. The summed E-state index contributed by atoms with van der Waals surface area (Å²) in [6.45, 7) is 1.78.